The van der Waals surface area contributed by atoms with E-state index in [-0.39, 0.29) is 0 Å². The molecule has 94 valence electrons. The topological polar surface area (TPSA) is 50.4 Å². The van der Waals surface area contributed by atoms with Gasteiger partial charge in [0.25, 0.3) is 0 Å². The predicted octanol–water partition coefficient (Wildman–Crippen LogP) is 3.85. The van der Waals surface area contributed by atoms with Crippen molar-refractivity contribution in [3.63, 3.8) is 0 Å². The summed E-state index contributed by atoms with van der Waals surface area (Å²) in [5, 5.41) is 6.82. The summed E-state index contributed by atoms with van der Waals surface area (Å²) in [6.07, 6.45) is 3.22. The van der Waals surface area contributed by atoms with E-state index in [1.807, 2.05) is 47.8 Å². The summed E-state index contributed by atoms with van der Waals surface area (Å²) in [4.78, 5) is 4.46. The number of hydrogen-bond donors (Lipinski definition) is 1. The zero-order valence-electron chi connectivity index (χ0n) is 9.98. The molecule has 0 amide bonds. The van der Waals surface area contributed by atoms with Gasteiger partial charge in [-0.1, -0.05) is 30.3 Å². The molecule has 2 aromatic heterocycles. The third-order valence-corrected chi connectivity index (χ3v) is 3.22. The molecule has 2 heterocycles. The molecule has 0 fully saturated rings. The first-order chi connectivity index (χ1) is 9.42. The molecule has 1 N–H and O–H groups in total. The lowest BCUT2D eigenvalue weighted by molar-refractivity contribution is 0.560. The molecular weight excluding hydrogens is 258 g/mol. The van der Waals surface area contributed by atoms with Crippen molar-refractivity contribution < 1.29 is 4.42 Å². The van der Waals surface area contributed by atoms with Gasteiger partial charge in [0, 0.05) is 10.9 Å². The molecule has 0 saturated carbocycles. The normalized spacial score (nSPS) is 10.9. The van der Waals surface area contributed by atoms with Gasteiger partial charge in [-0.05, 0) is 12.1 Å². The molecule has 0 aliphatic carbocycles. The second-order valence-electron chi connectivity index (χ2n) is 3.79. The number of rotatable bonds is 4. The van der Waals surface area contributed by atoms with Crippen molar-refractivity contribution in [3.05, 3.63) is 59.9 Å². The van der Waals surface area contributed by atoms with Crippen LogP contribution in [0.2, 0.25) is 0 Å². The Balaban J connectivity index is 1.69. The average Bonchev–Trinajstić information content (AvgIpc) is 3.11. The first-order valence-corrected chi connectivity index (χ1v) is 6.63. The van der Waals surface area contributed by atoms with Gasteiger partial charge in [-0.15, -0.1) is 11.3 Å². The number of benzene rings is 1. The molecule has 5 heteroatoms. The predicted molar refractivity (Wildman–Crippen MR) is 77.5 cm³/mol. The first-order valence-electron chi connectivity index (χ1n) is 5.75. The third-order valence-electron chi connectivity index (χ3n) is 2.47. The van der Waals surface area contributed by atoms with E-state index in [0.717, 1.165) is 16.4 Å². The lowest BCUT2D eigenvalue weighted by atomic mass is 10.2. The highest BCUT2D eigenvalue weighted by Crippen LogP contribution is 2.24. The van der Waals surface area contributed by atoms with Crippen molar-refractivity contribution in [1.29, 1.82) is 0 Å². The minimum Gasteiger partial charge on any atom is -0.463 e. The molecule has 3 rings (SSSR count). The second-order valence-corrected chi connectivity index (χ2v) is 4.65. The van der Waals surface area contributed by atoms with Crippen LogP contribution in [-0.2, 0) is 0 Å². The van der Waals surface area contributed by atoms with E-state index in [0.29, 0.717) is 5.76 Å². The molecule has 4 nitrogen and oxygen atoms in total. The fourth-order valence-corrected chi connectivity index (χ4v) is 2.25. The molecule has 0 radical (unpaired) electrons. The maximum absolute atomic E-state index is 5.14. The van der Waals surface area contributed by atoms with Crippen molar-refractivity contribution in [2.45, 2.75) is 0 Å². The lowest BCUT2D eigenvalue weighted by Crippen LogP contribution is -1.88. The quantitative estimate of drug-likeness (QED) is 0.578. The third kappa shape index (κ3) is 2.89. The van der Waals surface area contributed by atoms with Crippen LogP contribution in [-0.4, -0.2) is 11.2 Å². The smallest absolute Gasteiger partial charge is 0.203 e. The maximum atomic E-state index is 5.14. The highest BCUT2D eigenvalue weighted by atomic mass is 32.1. The number of hydrogen-bond acceptors (Lipinski definition) is 5. The summed E-state index contributed by atoms with van der Waals surface area (Å²) >= 11 is 1.51. The van der Waals surface area contributed by atoms with E-state index in [1.54, 1.807) is 12.5 Å². The van der Waals surface area contributed by atoms with Crippen LogP contribution < -0.4 is 5.43 Å². The SMILES string of the molecule is C(=N\Nc1nc(-c2ccccc2)cs1)/c1ccco1. The van der Waals surface area contributed by atoms with Crippen LogP contribution >= 0.6 is 11.3 Å². The largest absolute Gasteiger partial charge is 0.463 e. The first kappa shape index (κ1) is 11.7. The minimum absolute atomic E-state index is 0.701. The molecule has 3 aromatic rings. The summed E-state index contributed by atoms with van der Waals surface area (Å²) in [6.45, 7) is 0. The average molecular weight is 269 g/mol. The van der Waals surface area contributed by atoms with Crippen molar-refractivity contribution in [1.82, 2.24) is 4.98 Å². The van der Waals surface area contributed by atoms with Gasteiger partial charge in [0.15, 0.2) is 0 Å². The van der Waals surface area contributed by atoms with Crippen LogP contribution in [0.4, 0.5) is 5.13 Å². The van der Waals surface area contributed by atoms with E-state index < -0.39 is 0 Å². The zero-order valence-corrected chi connectivity index (χ0v) is 10.8. The number of aromatic nitrogens is 1. The summed E-state index contributed by atoms with van der Waals surface area (Å²) in [5.41, 5.74) is 4.93. The Morgan fingerprint density at radius 2 is 2.05 bits per heavy atom. The molecule has 0 unspecified atom stereocenters. The number of nitrogens with zero attached hydrogens (tertiary/aromatic N) is 2. The molecule has 19 heavy (non-hydrogen) atoms. The Morgan fingerprint density at radius 1 is 1.16 bits per heavy atom. The van der Waals surface area contributed by atoms with Gasteiger partial charge >= 0.3 is 0 Å². The van der Waals surface area contributed by atoms with Gasteiger partial charge < -0.3 is 4.42 Å². The Hall–Kier alpha value is -2.40. The summed E-state index contributed by atoms with van der Waals surface area (Å²) < 4.78 is 5.14. The molecule has 0 atom stereocenters. The van der Waals surface area contributed by atoms with E-state index in [9.17, 15) is 0 Å². The molecule has 0 aliphatic rings. The van der Waals surface area contributed by atoms with Crippen LogP contribution in [0, 0.1) is 0 Å². The van der Waals surface area contributed by atoms with Crippen molar-refractivity contribution in [3.8, 4) is 11.3 Å². The van der Waals surface area contributed by atoms with E-state index in [1.165, 1.54) is 11.3 Å². The van der Waals surface area contributed by atoms with Crippen LogP contribution in [0.15, 0.2) is 63.6 Å². The molecule has 1 aromatic carbocycles. The summed E-state index contributed by atoms with van der Waals surface area (Å²) in [7, 11) is 0. The van der Waals surface area contributed by atoms with Crippen LogP contribution in [0.3, 0.4) is 0 Å². The van der Waals surface area contributed by atoms with Crippen LogP contribution in [0.25, 0.3) is 11.3 Å². The van der Waals surface area contributed by atoms with E-state index in [4.69, 9.17) is 4.42 Å². The fraction of sp³-hybridized carbons (Fsp3) is 0. The number of furan rings is 1. The minimum atomic E-state index is 0.701. The Morgan fingerprint density at radius 3 is 2.84 bits per heavy atom. The van der Waals surface area contributed by atoms with Gasteiger partial charge in [-0.2, -0.15) is 5.10 Å². The maximum Gasteiger partial charge on any atom is 0.203 e. The van der Waals surface area contributed by atoms with E-state index in [2.05, 4.69) is 15.5 Å². The molecule has 0 aliphatic heterocycles. The van der Waals surface area contributed by atoms with Gasteiger partial charge in [0.2, 0.25) is 5.13 Å². The van der Waals surface area contributed by atoms with Crippen molar-refractivity contribution >= 4 is 22.7 Å². The fourth-order valence-electron chi connectivity index (χ4n) is 1.58. The Labute approximate surface area is 114 Å². The van der Waals surface area contributed by atoms with Crippen molar-refractivity contribution in [2.75, 3.05) is 5.43 Å². The van der Waals surface area contributed by atoms with Gasteiger partial charge in [-0.3, -0.25) is 5.43 Å². The van der Waals surface area contributed by atoms with Crippen LogP contribution in [0.5, 0.6) is 0 Å². The van der Waals surface area contributed by atoms with Gasteiger partial charge in [-0.25, -0.2) is 4.98 Å². The number of hydrazone groups is 1. The molecule has 0 bridgehead atoms. The second kappa shape index (κ2) is 5.49. The number of thiazole rings is 1. The molecule has 0 saturated heterocycles. The Kier molecular flexibility index (Phi) is 3.38. The summed E-state index contributed by atoms with van der Waals surface area (Å²) in [6, 6.07) is 13.7. The van der Waals surface area contributed by atoms with E-state index >= 15 is 0 Å². The van der Waals surface area contributed by atoms with Gasteiger partial charge in [0.05, 0.1) is 18.2 Å². The van der Waals surface area contributed by atoms with Crippen LogP contribution in [0.1, 0.15) is 5.76 Å². The highest BCUT2D eigenvalue weighted by molar-refractivity contribution is 7.14. The van der Waals surface area contributed by atoms with Gasteiger partial charge in [0.1, 0.15) is 5.76 Å². The molecule has 0 spiro atoms. The summed E-state index contributed by atoms with van der Waals surface area (Å²) in [5.74, 6) is 0.701. The monoisotopic (exact) mass is 269 g/mol. The lowest BCUT2D eigenvalue weighted by Gasteiger charge is -1.94. The van der Waals surface area contributed by atoms with Crippen molar-refractivity contribution in [2.24, 2.45) is 5.10 Å². The number of anilines is 1. The Bertz CT molecular complexity index is 659. The zero-order chi connectivity index (χ0) is 12.9. The standard InChI is InChI=1S/C14H11N3OS/c1-2-5-11(6-3-1)13-10-19-14(16-13)17-15-9-12-7-4-8-18-12/h1-10H,(H,16,17)/b15-9+. The molecular formula is C14H11N3OS. The highest BCUT2D eigenvalue weighted by Gasteiger charge is 2.02. The number of nitrogens with one attached hydrogen (secondary N) is 1.